The Morgan fingerprint density at radius 2 is 1.62 bits per heavy atom. The number of allylic oxidation sites excluding steroid dienone is 10. The van der Waals surface area contributed by atoms with Crippen LogP contribution in [0.4, 0.5) is 11.4 Å². The predicted molar refractivity (Wildman–Crippen MR) is 222 cm³/mol. The summed E-state index contributed by atoms with van der Waals surface area (Å²) in [6.45, 7) is 9.19. The van der Waals surface area contributed by atoms with Gasteiger partial charge >= 0.3 is 0 Å². The zero-order valence-corrected chi connectivity index (χ0v) is 31.2. The van der Waals surface area contributed by atoms with Crippen molar-refractivity contribution < 1.29 is 4.42 Å². The van der Waals surface area contributed by atoms with Crippen LogP contribution in [-0.2, 0) is 10.8 Å². The number of nitriles is 2. The summed E-state index contributed by atoms with van der Waals surface area (Å²) in [4.78, 5) is 7.51. The third-order valence-corrected chi connectivity index (χ3v) is 13.1. The molecule has 1 aliphatic heterocycles. The number of hydrogen-bond donors (Lipinski definition) is 0. The first-order valence-corrected chi connectivity index (χ1v) is 19.3. The first-order valence-electron chi connectivity index (χ1n) is 19.3. The van der Waals surface area contributed by atoms with Gasteiger partial charge in [0.25, 0.3) is 0 Å². The molecule has 0 fully saturated rings. The van der Waals surface area contributed by atoms with Gasteiger partial charge in [-0.3, -0.25) is 0 Å². The van der Waals surface area contributed by atoms with Gasteiger partial charge in [-0.25, -0.2) is 4.98 Å². The number of pyridine rings is 1. The van der Waals surface area contributed by atoms with Crippen LogP contribution in [0, 0.1) is 22.7 Å². The highest BCUT2D eigenvalue weighted by Gasteiger charge is 2.65. The predicted octanol–water partition coefficient (Wildman–Crippen LogP) is 12.0. The van der Waals surface area contributed by atoms with Crippen LogP contribution in [0.3, 0.4) is 0 Å². The molecule has 0 radical (unpaired) electrons. The second kappa shape index (κ2) is 11.5. The van der Waals surface area contributed by atoms with Gasteiger partial charge in [0.2, 0.25) is 0 Å². The van der Waals surface area contributed by atoms with Gasteiger partial charge in [-0.05, 0) is 70.5 Å². The van der Waals surface area contributed by atoms with Crippen molar-refractivity contribution in [2.75, 3.05) is 4.90 Å². The molecule has 3 atom stereocenters. The van der Waals surface area contributed by atoms with Crippen LogP contribution in [0.5, 0.6) is 0 Å². The van der Waals surface area contributed by atoms with Gasteiger partial charge < -0.3 is 9.32 Å². The number of hydrogen-bond acceptors (Lipinski definition) is 5. The summed E-state index contributed by atoms with van der Waals surface area (Å²) >= 11 is 0. The van der Waals surface area contributed by atoms with Crippen LogP contribution in [0.15, 0.2) is 161 Å². The minimum Gasteiger partial charge on any atom is -0.456 e. The molecule has 4 aromatic carbocycles. The maximum absolute atomic E-state index is 11.5. The van der Waals surface area contributed by atoms with Crippen molar-refractivity contribution in [1.29, 1.82) is 10.5 Å². The van der Waals surface area contributed by atoms with Gasteiger partial charge in [0.1, 0.15) is 29.0 Å². The van der Waals surface area contributed by atoms with E-state index in [-0.39, 0.29) is 17.5 Å². The molecule has 3 unspecified atom stereocenters. The van der Waals surface area contributed by atoms with Crippen molar-refractivity contribution in [3.63, 3.8) is 0 Å². The summed E-state index contributed by atoms with van der Waals surface area (Å²) in [6, 6.07) is 36.6. The van der Waals surface area contributed by atoms with Crippen molar-refractivity contribution in [2.45, 2.75) is 49.4 Å². The molecule has 11 rings (SSSR count). The number of para-hydroxylation sites is 1. The number of furan rings is 1. The summed E-state index contributed by atoms with van der Waals surface area (Å²) in [5, 5.41) is 24.8. The molecule has 0 saturated heterocycles. The molecule has 6 aromatic rings. The topological polar surface area (TPSA) is 76.8 Å². The average molecular weight is 721 g/mol. The summed E-state index contributed by atoms with van der Waals surface area (Å²) in [6.07, 6.45) is 16.7. The normalized spacial score (nSPS) is 23.2. The second-order valence-corrected chi connectivity index (χ2v) is 16.0. The van der Waals surface area contributed by atoms with Crippen molar-refractivity contribution in [2.24, 2.45) is 0 Å². The highest BCUT2D eigenvalue weighted by atomic mass is 16.3. The van der Waals surface area contributed by atoms with Crippen molar-refractivity contribution in [3.05, 3.63) is 202 Å². The Morgan fingerprint density at radius 3 is 2.45 bits per heavy atom. The molecule has 1 spiro atoms. The summed E-state index contributed by atoms with van der Waals surface area (Å²) in [5.74, 6) is -0.154. The maximum atomic E-state index is 11.5. The molecule has 266 valence electrons. The Labute approximate surface area is 325 Å². The third kappa shape index (κ3) is 3.99. The van der Waals surface area contributed by atoms with E-state index in [0.29, 0.717) is 11.3 Å². The van der Waals surface area contributed by atoms with E-state index in [9.17, 15) is 10.5 Å². The Bertz CT molecular complexity index is 3010. The first kappa shape index (κ1) is 32.5. The van der Waals surface area contributed by atoms with Crippen molar-refractivity contribution in [1.82, 2.24) is 4.98 Å². The molecule has 5 heteroatoms. The Morgan fingerprint density at radius 1 is 0.839 bits per heavy atom. The lowest BCUT2D eigenvalue weighted by Gasteiger charge is -2.51. The average Bonchev–Trinajstić information content (AvgIpc) is 3.62. The van der Waals surface area contributed by atoms with E-state index < -0.39 is 10.8 Å². The number of anilines is 2. The maximum Gasteiger partial charge on any atom is 0.166 e. The van der Waals surface area contributed by atoms with Gasteiger partial charge in [0.15, 0.2) is 5.69 Å². The highest BCUT2D eigenvalue weighted by molar-refractivity contribution is 6.09. The van der Waals surface area contributed by atoms with E-state index >= 15 is 0 Å². The number of fused-ring (bicyclic) bond motifs is 10. The van der Waals surface area contributed by atoms with Crippen molar-refractivity contribution >= 4 is 38.9 Å². The summed E-state index contributed by atoms with van der Waals surface area (Å²) in [5.41, 5.74) is 13.2. The summed E-state index contributed by atoms with van der Waals surface area (Å²) < 4.78 is 6.78. The third-order valence-electron chi connectivity index (χ3n) is 13.1. The first-order chi connectivity index (χ1) is 27.4. The fraction of sp³-hybridized carbons (Fsp3) is 0.157. The number of rotatable bonds is 2. The molecule has 3 heterocycles. The number of aromatic nitrogens is 1. The standard InChI is InChI=1S/C51H36N4O/c1-30-14-7-11-21-38-33-18-8-9-20-35(33)45-44-37(28-52)47(40(29-53)54-49(44)51(30,38)45)55-41-26-24-32(31-15-5-4-6-16-31)17-13-22-39(41)50(2,3)46-42(55)27-25-36-34-19-10-12-23-43(34)56-48(36)46/h4-12,14-21,23-27,38,45H,1,13,22H2,2-3H3/b26-24?,32-17+. The van der Waals surface area contributed by atoms with Crippen molar-refractivity contribution in [3.8, 4) is 12.1 Å². The fourth-order valence-corrected chi connectivity index (χ4v) is 10.8. The van der Waals surface area contributed by atoms with E-state index in [2.05, 4.69) is 141 Å². The summed E-state index contributed by atoms with van der Waals surface area (Å²) in [7, 11) is 0. The Hall–Kier alpha value is -6.95. The zero-order chi connectivity index (χ0) is 37.9. The van der Waals surface area contributed by atoms with Gasteiger partial charge in [0, 0.05) is 44.8 Å². The van der Waals surface area contributed by atoms with Crippen LogP contribution < -0.4 is 4.90 Å². The number of benzene rings is 4. The molecule has 2 aromatic heterocycles. The largest absolute Gasteiger partial charge is 0.456 e. The van der Waals surface area contributed by atoms with Crippen LogP contribution in [0.1, 0.15) is 83.3 Å². The fourth-order valence-electron chi connectivity index (χ4n) is 10.8. The van der Waals surface area contributed by atoms with E-state index in [1.807, 2.05) is 30.3 Å². The van der Waals surface area contributed by atoms with Crippen LogP contribution in [0.25, 0.3) is 27.5 Å². The zero-order valence-electron chi connectivity index (χ0n) is 31.2. The monoisotopic (exact) mass is 720 g/mol. The molecular formula is C51H36N4O. The van der Waals surface area contributed by atoms with Crippen LogP contribution >= 0.6 is 0 Å². The lowest BCUT2D eigenvalue weighted by Crippen LogP contribution is -2.47. The minimum absolute atomic E-state index is 0.0148. The molecule has 0 bridgehead atoms. The van der Waals surface area contributed by atoms with Gasteiger partial charge in [0.05, 0.1) is 22.4 Å². The molecule has 0 N–H and O–H groups in total. The SMILES string of the molecule is C=C1C=CC=CC2c3ccccc3C3c4c(nc(C#N)c(N5C6=C(CC/C=C(/c7ccccc7)C=C6)C(C)(C)c6c5ccc5c6oc6ccccc65)c4C#N)C123. The highest BCUT2D eigenvalue weighted by Crippen LogP contribution is 2.71. The van der Waals surface area contributed by atoms with E-state index in [1.54, 1.807) is 0 Å². The van der Waals surface area contributed by atoms with E-state index in [4.69, 9.17) is 9.40 Å². The molecule has 0 saturated carbocycles. The van der Waals surface area contributed by atoms with Crippen LogP contribution in [0.2, 0.25) is 0 Å². The minimum atomic E-state index is -0.583. The van der Waals surface area contributed by atoms with Gasteiger partial charge in [-0.15, -0.1) is 0 Å². The Kier molecular flexibility index (Phi) is 6.69. The quantitative estimate of drug-likeness (QED) is 0.178. The van der Waals surface area contributed by atoms with Gasteiger partial charge in [-0.2, -0.15) is 10.5 Å². The number of nitrogens with zero attached hydrogens (tertiary/aromatic N) is 4. The Balaban J connectivity index is 1.23. The molecule has 5 nitrogen and oxygen atoms in total. The molecule has 0 amide bonds. The van der Waals surface area contributed by atoms with Gasteiger partial charge in [-0.1, -0.05) is 130 Å². The lowest BCUT2D eigenvalue weighted by molar-refractivity contribution is 0.374. The van der Waals surface area contributed by atoms with Crippen LogP contribution in [-0.4, -0.2) is 4.98 Å². The van der Waals surface area contributed by atoms with E-state index in [1.165, 1.54) is 16.7 Å². The smallest absolute Gasteiger partial charge is 0.166 e. The molecular weight excluding hydrogens is 685 g/mol. The van der Waals surface area contributed by atoms with E-state index in [0.717, 1.165) is 79.7 Å². The molecule has 56 heavy (non-hydrogen) atoms. The lowest BCUT2D eigenvalue weighted by atomic mass is 9.51. The second-order valence-electron chi connectivity index (χ2n) is 16.0. The molecule has 4 aliphatic carbocycles. The molecule has 5 aliphatic rings.